The number of nitrogens with two attached hydrogens (primary N) is 1. The van der Waals surface area contributed by atoms with Gasteiger partial charge in [-0.2, -0.15) is 0 Å². The molecule has 0 aromatic heterocycles. The number of nitrogen functional groups attached to an aromatic ring is 1. The number of phenols is 1. The number of hydrogen-bond donors (Lipinski definition) is 2. The molecule has 2 atom stereocenters. The van der Waals surface area contributed by atoms with Crippen LogP contribution in [0.4, 0.5) is 5.69 Å². The lowest BCUT2D eigenvalue weighted by atomic mass is 9.83. The average molecular weight is 418 g/mol. The number of carbonyl (C=O) groups excluding carboxylic acids is 1. The summed E-state index contributed by atoms with van der Waals surface area (Å²) in [5, 5.41) is 9.64. The Morgan fingerprint density at radius 2 is 1.87 bits per heavy atom. The Balaban J connectivity index is 1.53. The number of cyclic esters (lactones) is 1. The number of hydrogen-bond acceptors (Lipinski definition) is 5. The van der Waals surface area contributed by atoms with Gasteiger partial charge in [-0.05, 0) is 53.3 Å². The molecule has 3 aromatic carbocycles. The van der Waals surface area contributed by atoms with Crippen molar-refractivity contribution >= 4 is 11.7 Å². The molecule has 0 radical (unpaired) electrons. The Kier molecular flexibility index (Phi) is 6.12. The quantitative estimate of drug-likeness (QED) is 0.351. The van der Waals surface area contributed by atoms with Gasteiger partial charge in [0.15, 0.2) is 0 Å². The van der Waals surface area contributed by atoms with Crippen LogP contribution in [0.5, 0.6) is 11.5 Å². The summed E-state index contributed by atoms with van der Waals surface area (Å²) in [6, 6.07) is 21.6. The molecule has 1 saturated heterocycles. The molecule has 0 spiro atoms. The molecule has 1 unspecified atom stereocenters. The van der Waals surface area contributed by atoms with Gasteiger partial charge in [-0.15, -0.1) is 0 Å². The summed E-state index contributed by atoms with van der Waals surface area (Å²) in [6.45, 7) is 0.379. The maximum absolute atomic E-state index is 12.4. The molecule has 5 heteroatoms. The van der Waals surface area contributed by atoms with Gasteiger partial charge in [0.25, 0.3) is 0 Å². The van der Waals surface area contributed by atoms with Crippen molar-refractivity contribution in [3.05, 3.63) is 89.0 Å². The van der Waals surface area contributed by atoms with E-state index >= 15 is 0 Å². The second-order valence-electron chi connectivity index (χ2n) is 8.09. The lowest BCUT2D eigenvalue weighted by molar-refractivity contribution is -0.154. The minimum atomic E-state index is -0.248. The highest BCUT2D eigenvalue weighted by atomic mass is 16.5. The molecule has 1 heterocycles. The summed E-state index contributed by atoms with van der Waals surface area (Å²) in [5.74, 6) is 0.606. The molecule has 160 valence electrons. The highest BCUT2D eigenvalue weighted by Gasteiger charge is 2.31. The van der Waals surface area contributed by atoms with Crippen molar-refractivity contribution in [1.82, 2.24) is 0 Å². The number of phenolic OH excluding ortho intramolecular Hbond substituents is 1. The molecule has 4 rings (SSSR count). The number of benzene rings is 3. The molecule has 0 saturated carbocycles. The van der Waals surface area contributed by atoms with E-state index in [1.54, 1.807) is 25.3 Å². The van der Waals surface area contributed by atoms with E-state index < -0.39 is 0 Å². The number of rotatable bonds is 6. The van der Waals surface area contributed by atoms with Crippen LogP contribution in [0.2, 0.25) is 0 Å². The van der Waals surface area contributed by atoms with Gasteiger partial charge < -0.3 is 20.3 Å². The third kappa shape index (κ3) is 4.82. The van der Waals surface area contributed by atoms with Gasteiger partial charge in [0.05, 0.1) is 25.3 Å². The third-order valence-corrected chi connectivity index (χ3v) is 5.92. The number of ether oxygens (including phenoxy) is 2. The zero-order chi connectivity index (χ0) is 21.8. The molecule has 1 aliphatic rings. The molecular formula is C26H27NO4. The van der Waals surface area contributed by atoms with Crippen molar-refractivity contribution in [2.24, 2.45) is 5.92 Å². The van der Waals surface area contributed by atoms with Crippen molar-refractivity contribution in [1.29, 1.82) is 0 Å². The highest BCUT2D eigenvalue weighted by Crippen LogP contribution is 2.35. The number of aromatic hydroxyl groups is 1. The van der Waals surface area contributed by atoms with Crippen molar-refractivity contribution in [3.63, 3.8) is 0 Å². The van der Waals surface area contributed by atoms with Crippen LogP contribution < -0.4 is 10.5 Å². The van der Waals surface area contributed by atoms with Gasteiger partial charge in [0.1, 0.15) is 11.5 Å². The Bertz CT molecular complexity index is 1060. The fraction of sp³-hybridized carbons (Fsp3) is 0.269. The van der Waals surface area contributed by atoms with Crippen molar-refractivity contribution in [2.75, 3.05) is 19.5 Å². The predicted octanol–water partition coefficient (Wildman–Crippen LogP) is 4.46. The number of methoxy groups -OCH3 is 1. The Morgan fingerprint density at radius 1 is 1.06 bits per heavy atom. The van der Waals surface area contributed by atoms with Crippen LogP contribution in [0.1, 0.15) is 34.6 Å². The average Bonchev–Trinajstić information content (AvgIpc) is 2.78. The number of anilines is 1. The molecule has 3 aromatic rings. The highest BCUT2D eigenvalue weighted by molar-refractivity contribution is 5.74. The second kappa shape index (κ2) is 9.13. The summed E-state index contributed by atoms with van der Waals surface area (Å²) < 4.78 is 11.1. The summed E-state index contributed by atoms with van der Waals surface area (Å²) in [4.78, 5) is 12.4. The first-order valence-electron chi connectivity index (χ1n) is 10.5. The summed E-state index contributed by atoms with van der Waals surface area (Å²) in [5.41, 5.74) is 10.5. The van der Waals surface area contributed by atoms with E-state index in [9.17, 15) is 9.90 Å². The standard InChI is InChI=1S/C26H27NO4/c1-30-25-10-8-19(14-20(25)11-17-5-3-2-4-6-17)22-15-21(26(29)31-16-22)12-18-7-9-24(28)23(27)13-18/h2-10,13-14,21-22,28H,11-12,15-16,27H2,1H3/t21?,22-/m1/s1. The van der Waals surface area contributed by atoms with E-state index in [0.29, 0.717) is 25.1 Å². The first kappa shape index (κ1) is 20.8. The van der Waals surface area contributed by atoms with Crippen molar-refractivity contribution < 1.29 is 19.4 Å². The Labute approximate surface area is 182 Å². The topological polar surface area (TPSA) is 81.8 Å². The maximum atomic E-state index is 12.4. The molecule has 0 amide bonds. The smallest absolute Gasteiger partial charge is 0.309 e. The van der Waals surface area contributed by atoms with E-state index in [1.807, 2.05) is 24.3 Å². The molecule has 0 aliphatic carbocycles. The van der Waals surface area contributed by atoms with Gasteiger partial charge in [-0.25, -0.2) is 0 Å². The Morgan fingerprint density at radius 3 is 2.61 bits per heavy atom. The fourth-order valence-electron chi connectivity index (χ4n) is 4.23. The second-order valence-corrected chi connectivity index (χ2v) is 8.09. The molecule has 1 aliphatic heterocycles. The lowest BCUT2D eigenvalue weighted by Crippen LogP contribution is -2.31. The zero-order valence-electron chi connectivity index (χ0n) is 17.6. The molecule has 5 nitrogen and oxygen atoms in total. The van der Waals surface area contributed by atoms with E-state index in [2.05, 4.69) is 24.3 Å². The number of esters is 1. The normalized spacial score (nSPS) is 18.4. The predicted molar refractivity (Wildman–Crippen MR) is 120 cm³/mol. The molecule has 0 bridgehead atoms. The van der Waals surface area contributed by atoms with Crippen molar-refractivity contribution in [3.8, 4) is 11.5 Å². The van der Waals surface area contributed by atoms with E-state index in [1.165, 1.54) is 5.56 Å². The van der Waals surface area contributed by atoms with Crippen LogP contribution in [0, 0.1) is 5.92 Å². The molecule has 1 fully saturated rings. The fourth-order valence-corrected chi connectivity index (χ4v) is 4.23. The molecule has 31 heavy (non-hydrogen) atoms. The van der Waals surface area contributed by atoms with E-state index in [0.717, 1.165) is 28.9 Å². The Hall–Kier alpha value is -3.47. The van der Waals surface area contributed by atoms with Gasteiger partial charge in [0, 0.05) is 12.3 Å². The lowest BCUT2D eigenvalue weighted by Gasteiger charge is -2.29. The zero-order valence-corrected chi connectivity index (χ0v) is 17.6. The van der Waals surface area contributed by atoms with Crippen LogP contribution in [-0.4, -0.2) is 24.8 Å². The summed E-state index contributed by atoms with van der Waals surface area (Å²) in [7, 11) is 1.69. The maximum Gasteiger partial charge on any atom is 0.309 e. The van der Waals surface area contributed by atoms with Crippen molar-refractivity contribution in [2.45, 2.75) is 25.2 Å². The van der Waals surface area contributed by atoms with Crippen LogP contribution in [0.15, 0.2) is 66.7 Å². The minimum absolute atomic E-state index is 0.0528. The molecular weight excluding hydrogens is 390 g/mol. The van der Waals surface area contributed by atoms with Crippen LogP contribution >= 0.6 is 0 Å². The first-order chi connectivity index (χ1) is 15.0. The van der Waals surface area contributed by atoms with Crippen LogP contribution in [0.3, 0.4) is 0 Å². The van der Waals surface area contributed by atoms with Gasteiger partial charge in [-0.1, -0.05) is 48.5 Å². The van der Waals surface area contributed by atoms with Crippen LogP contribution in [0.25, 0.3) is 0 Å². The van der Waals surface area contributed by atoms with Gasteiger partial charge in [-0.3, -0.25) is 4.79 Å². The largest absolute Gasteiger partial charge is 0.506 e. The van der Waals surface area contributed by atoms with Gasteiger partial charge in [0.2, 0.25) is 0 Å². The summed E-state index contributed by atoms with van der Waals surface area (Å²) in [6.07, 6.45) is 2.02. The van der Waals surface area contributed by atoms with E-state index in [-0.39, 0.29) is 23.6 Å². The third-order valence-electron chi connectivity index (χ3n) is 5.92. The SMILES string of the molecule is COc1ccc([C@H]2COC(=O)C(Cc3ccc(O)c(N)c3)C2)cc1Cc1ccccc1. The minimum Gasteiger partial charge on any atom is -0.506 e. The number of carbonyl (C=O) groups is 1. The van der Waals surface area contributed by atoms with Crippen LogP contribution in [-0.2, 0) is 22.4 Å². The van der Waals surface area contributed by atoms with Gasteiger partial charge >= 0.3 is 5.97 Å². The molecule has 3 N–H and O–H groups in total. The monoisotopic (exact) mass is 417 g/mol. The summed E-state index contributed by atoms with van der Waals surface area (Å²) >= 11 is 0. The first-order valence-corrected chi connectivity index (χ1v) is 10.5. The van der Waals surface area contributed by atoms with E-state index in [4.69, 9.17) is 15.2 Å².